The minimum absolute atomic E-state index is 0.0955. The van der Waals surface area contributed by atoms with Crippen molar-refractivity contribution in [2.24, 2.45) is 17.1 Å². The normalized spacial score (nSPS) is 17.9. The zero-order valence-corrected chi connectivity index (χ0v) is 9.71. The van der Waals surface area contributed by atoms with Crippen LogP contribution in [0.15, 0.2) is 0 Å². The molecule has 4 heteroatoms. The minimum atomic E-state index is -0.238. The first-order valence-electron chi connectivity index (χ1n) is 5.67. The first-order chi connectivity index (χ1) is 7.10. The number of hydrogen-bond acceptors (Lipinski definition) is 3. The van der Waals surface area contributed by atoms with Crippen molar-refractivity contribution in [1.29, 1.82) is 0 Å². The van der Waals surface area contributed by atoms with E-state index in [4.69, 9.17) is 10.5 Å². The lowest BCUT2D eigenvalue weighted by molar-refractivity contribution is -0.126. The van der Waals surface area contributed by atoms with Crippen LogP contribution in [0.25, 0.3) is 0 Å². The van der Waals surface area contributed by atoms with E-state index in [9.17, 15) is 4.79 Å². The first kappa shape index (κ1) is 12.5. The number of amides is 1. The number of rotatable bonds is 7. The second kappa shape index (κ2) is 5.47. The predicted octanol–water partition coefficient (Wildman–Crippen LogP) is 0.514. The van der Waals surface area contributed by atoms with Crippen molar-refractivity contribution in [3.05, 3.63) is 0 Å². The molecule has 0 unspecified atom stereocenters. The Labute approximate surface area is 91.5 Å². The number of nitrogens with one attached hydrogen (secondary N) is 1. The van der Waals surface area contributed by atoms with E-state index in [-0.39, 0.29) is 11.3 Å². The van der Waals surface area contributed by atoms with Crippen LogP contribution in [0.5, 0.6) is 0 Å². The fourth-order valence-corrected chi connectivity index (χ4v) is 1.42. The van der Waals surface area contributed by atoms with Crippen LogP contribution in [-0.4, -0.2) is 32.2 Å². The molecule has 1 saturated carbocycles. The molecule has 0 aromatic rings. The smallest absolute Gasteiger partial charge is 0.227 e. The van der Waals surface area contributed by atoms with Crippen LogP contribution in [0.1, 0.15) is 26.7 Å². The Balaban J connectivity index is 2.03. The molecule has 0 heterocycles. The molecule has 1 fully saturated rings. The molecule has 0 saturated heterocycles. The van der Waals surface area contributed by atoms with Gasteiger partial charge in [0.05, 0.1) is 12.0 Å². The monoisotopic (exact) mass is 214 g/mol. The van der Waals surface area contributed by atoms with Crippen molar-refractivity contribution >= 4 is 5.91 Å². The highest BCUT2D eigenvalue weighted by Gasteiger charge is 2.48. The lowest BCUT2D eigenvalue weighted by Gasteiger charge is -2.13. The maximum absolute atomic E-state index is 11.6. The van der Waals surface area contributed by atoms with E-state index in [1.807, 2.05) is 0 Å². The summed E-state index contributed by atoms with van der Waals surface area (Å²) in [6, 6.07) is 0. The third-order valence-corrected chi connectivity index (χ3v) is 2.71. The van der Waals surface area contributed by atoms with Gasteiger partial charge in [0.25, 0.3) is 0 Å². The largest absolute Gasteiger partial charge is 0.379 e. The van der Waals surface area contributed by atoms with Crippen LogP contribution in [0.2, 0.25) is 0 Å². The van der Waals surface area contributed by atoms with E-state index in [1.54, 1.807) is 0 Å². The second-order valence-corrected chi connectivity index (χ2v) is 4.71. The van der Waals surface area contributed by atoms with Gasteiger partial charge in [0.15, 0.2) is 0 Å². The van der Waals surface area contributed by atoms with E-state index in [0.29, 0.717) is 25.6 Å². The summed E-state index contributed by atoms with van der Waals surface area (Å²) in [7, 11) is 0. The highest BCUT2D eigenvalue weighted by molar-refractivity contribution is 5.85. The minimum Gasteiger partial charge on any atom is -0.379 e. The SMILES string of the molecule is CC(C)COCCNC(=O)C1(CN)CC1. The zero-order valence-electron chi connectivity index (χ0n) is 9.71. The Hall–Kier alpha value is -0.610. The molecular weight excluding hydrogens is 192 g/mol. The highest BCUT2D eigenvalue weighted by atomic mass is 16.5. The summed E-state index contributed by atoms with van der Waals surface area (Å²) in [4.78, 5) is 11.6. The summed E-state index contributed by atoms with van der Waals surface area (Å²) in [5.74, 6) is 0.637. The van der Waals surface area contributed by atoms with Crippen LogP contribution in [0.3, 0.4) is 0 Å². The first-order valence-corrected chi connectivity index (χ1v) is 5.67. The third kappa shape index (κ3) is 3.80. The Kier molecular flexibility index (Phi) is 4.54. The van der Waals surface area contributed by atoms with Crippen molar-refractivity contribution in [1.82, 2.24) is 5.32 Å². The Morgan fingerprint density at radius 2 is 2.20 bits per heavy atom. The summed E-state index contributed by atoms with van der Waals surface area (Å²) in [6.07, 6.45) is 1.87. The van der Waals surface area contributed by atoms with Gasteiger partial charge in [0, 0.05) is 19.7 Å². The fraction of sp³-hybridized carbons (Fsp3) is 0.909. The summed E-state index contributed by atoms with van der Waals surface area (Å²) < 4.78 is 5.37. The predicted molar refractivity (Wildman–Crippen MR) is 59.4 cm³/mol. The molecule has 0 aromatic heterocycles. The van der Waals surface area contributed by atoms with Crippen LogP contribution in [-0.2, 0) is 9.53 Å². The van der Waals surface area contributed by atoms with E-state index in [0.717, 1.165) is 19.4 Å². The molecule has 0 radical (unpaired) electrons. The van der Waals surface area contributed by atoms with Gasteiger partial charge in [-0.3, -0.25) is 4.79 Å². The molecular formula is C11H22N2O2. The quantitative estimate of drug-likeness (QED) is 0.607. The molecule has 1 rings (SSSR count). The van der Waals surface area contributed by atoms with Crippen LogP contribution < -0.4 is 11.1 Å². The summed E-state index contributed by atoms with van der Waals surface area (Å²) in [5, 5.41) is 2.87. The molecule has 3 N–H and O–H groups in total. The average molecular weight is 214 g/mol. The number of carbonyl (C=O) groups excluding carboxylic acids is 1. The van der Waals surface area contributed by atoms with Crippen LogP contribution in [0.4, 0.5) is 0 Å². The lowest BCUT2D eigenvalue weighted by Crippen LogP contribution is -2.38. The van der Waals surface area contributed by atoms with Crippen molar-refractivity contribution < 1.29 is 9.53 Å². The van der Waals surface area contributed by atoms with Gasteiger partial charge in [-0.1, -0.05) is 13.8 Å². The molecule has 1 amide bonds. The van der Waals surface area contributed by atoms with Crippen LogP contribution in [0, 0.1) is 11.3 Å². The molecule has 1 aliphatic carbocycles. The average Bonchev–Trinajstić information content (AvgIpc) is 2.97. The van der Waals surface area contributed by atoms with Gasteiger partial charge in [-0.2, -0.15) is 0 Å². The van der Waals surface area contributed by atoms with Crippen molar-refractivity contribution in [2.75, 3.05) is 26.3 Å². The van der Waals surface area contributed by atoms with E-state index in [2.05, 4.69) is 19.2 Å². The summed E-state index contributed by atoms with van der Waals surface area (Å²) in [5.41, 5.74) is 5.31. The standard InChI is InChI=1S/C11H22N2O2/c1-9(2)7-15-6-5-13-10(14)11(8-12)3-4-11/h9H,3-8,12H2,1-2H3,(H,13,14). The molecule has 0 atom stereocenters. The van der Waals surface area contributed by atoms with Crippen molar-refractivity contribution in [3.8, 4) is 0 Å². The summed E-state index contributed by atoms with van der Waals surface area (Å²) in [6.45, 7) is 6.60. The third-order valence-electron chi connectivity index (χ3n) is 2.71. The molecule has 4 nitrogen and oxygen atoms in total. The number of nitrogens with two attached hydrogens (primary N) is 1. The Bertz CT molecular complexity index is 213. The van der Waals surface area contributed by atoms with Crippen molar-refractivity contribution in [2.45, 2.75) is 26.7 Å². The van der Waals surface area contributed by atoms with E-state index >= 15 is 0 Å². The molecule has 0 bridgehead atoms. The van der Waals surface area contributed by atoms with E-state index in [1.165, 1.54) is 0 Å². The van der Waals surface area contributed by atoms with E-state index < -0.39 is 0 Å². The van der Waals surface area contributed by atoms with Gasteiger partial charge in [-0.15, -0.1) is 0 Å². The fourth-order valence-electron chi connectivity index (χ4n) is 1.42. The maximum Gasteiger partial charge on any atom is 0.227 e. The highest BCUT2D eigenvalue weighted by Crippen LogP contribution is 2.44. The Morgan fingerprint density at radius 1 is 1.53 bits per heavy atom. The number of carbonyl (C=O) groups is 1. The van der Waals surface area contributed by atoms with Gasteiger partial charge >= 0.3 is 0 Å². The van der Waals surface area contributed by atoms with Gasteiger partial charge in [0.1, 0.15) is 0 Å². The molecule has 0 aromatic carbocycles. The van der Waals surface area contributed by atoms with Gasteiger partial charge < -0.3 is 15.8 Å². The van der Waals surface area contributed by atoms with Gasteiger partial charge in [0.2, 0.25) is 5.91 Å². The lowest BCUT2D eigenvalue weighted by atomic mass is 10.1. The molecule has 1 aliphatic rings. The molecule has 0 aliphatic heterocycles. The number of hydrogen-bond donors (Lipinski definition) is 2. The zero-order chi connectivity index (χ0) is 11.3. The second-order valence-electron chi connectivity index (χ2n) is 4.71. The van der Waals surface area contributed by atoms with Crippen molar-refractivity contribution in [3.63, 3.8) is 0 Å². The molecule has 88 valence electrons. The topological polar surface area (TPSA) is 64.3 Å². The van der Waals surface area contributed by atoms with Gasteiger partial charge in [-0.05, 0) is 18.8 Å². The molecule has 15 heavy (non-hydrogen) atoms. The number of ether oxygens (including phenoxy) is 1. The van der Waals surface area contributed by atoms with Crippen LogP contribution >= 0.6 is 0 Å². The molecule has 0 spiro atoms. The Morgan fingerprint density at radius 3 is 2.67 bits per heavy atom. The van der Waals surface area contributed by atoms with Gasteiger partial charge in [-0.25, -0.2) is 0 Å². The maximum atomic E-state index is 11.6. The summed E-state index contributed by atoms with van der Waals surface area (Å²) >= 11 is 0.